The third-order valence-electron chi connectivity index (χ3n) is 10.7. The second kappa shape index (κ2) is 18.5. The highest BCUT2D eigenvalue weighted by Gasteiger charge is 2.44. The smallest absolute Gasteiger partial charge is 0.326 e. The Kier molecular flexibility index (Phi) is 12.8. The quantitative estimate of drug-likeness (QED) is 0.135. The van der Waals surface area contributed by atoms with E-state index < -0.39 is 36.0 Å². The minimum absolute atomic E-state index is 0.141. The molecule has 2 N–H and O–H groups in total. The first-order valence-electron chi connectivity index (χ1n) is 19.2. The first kappa shape index (κ1) is 41.5. The van der Waals surface area contributed by atoms with Gasteiger partial charge < -0.3 is 20.0 Å². The molecule has 2 fully saturated rings. The number of carboxylic acids is 2. The number of aromatic nitrogens is 2. The largest absolute Gasteiger partial charge is 0.480 e. The van der Waals surface area contributed by atoms with Gasteiger partial charge in [0.25, 0.3) is 11.8 Å². The van der Waals surface area contributed by atoms with Crippen LogP contribution in [-0.4, -0.2) is 71.6 Å². The lowest BCUT2D eigenvalue weighted by molar-refractivity contribution is -0.142. The predicted molar refractivity (Wildman–Crippen MR) is 226 cm³/mol. The van der Waals surface area contributed by atoms with Crippen LogP contribution in [0.4, 0.5) is 0 Å². The second-order valence-electron chi connectivity index (χ2n) is 14.3. The van der Waals surface area contributed by atoms with E-state index in [1.165, 1.54) is 9.80 Å². The van der Waals surface area contributed by atoms with Crippen molar-refractivity contribution in [2.75, 3.05) is 0 Å². The Labute approximate surface area is 355 Å². The predicted octanol–water partition coefficient (Wildman–Crippen LogP) is 9.23. The fourth-order valence-corrected chi connectivity index (χ4v) is 8.33. The van der Waals surface area contributed by atoms with Gasteiger partial charge in [-0.2, -0.15) is 0 Å². The zero-order valence-corrected chi connectivity index (χ0v) is 33.5. The number of ketones is 1. The minimum Gasteiger partial charge on any atom is -0.480 e. The summed E-state index contributed by atoms with van der Waals surface area (Å²) in [5, 5.41) is 20.4. The number of benzene rings is 5. The Hall–Kier alpha value is -6.69. The molecule has 4 atom stereocenters. The van der Waals surface area contributed by atoms with Crippen LogP contribution in [0.3, 0.4) is 0 Å². The van der Waals surface area contributed by atoms with Crippen molar-refractivity contribution in [2.45, 2.75) is 49.9 Å². The van der Waals surface area contributed by atoms with E-state index in [1.54, 1.807) is 109 Å². The van der Waals surface area contributed by atoms with Gasteiger partial charge >= 0.3 is 11.9 Å². The standard InChI is InChI=1S/C25H20ClNO4.C22H18ClN3O3/c26-20-9-5-4-8-19(20)21-14-15-22(25(30)31)27(21)24(29)18-12-10-17(11-13-18)23(28)16-6-2-1-3-7-16;23-17-5-2-1-4-16(17)18-10-11-19(22(28)29)26(18)21(27)15-8-6-14(7-9-15)20-24-12-3-13-25-20/h1-13,21-22H,14-15H2,(H,30,31);1-9,12-13,18-19H,10-11H2,(H,28,29)/t21-,22+;18-,19+/m11/s1. The van der Waals surface area contributed by atoms with Crippen LogP contribution >= 0.6 is 23.2 Å². The molecule has 60 heavy (non-hydrogen) atoms. The second-order valence-corrected chi connectivity index (χ2v) is 15.1. The van der Waals surface area contributed by atoms with Crippen LogP contribution in [0, 0.1) is 0 Å². The molecule has 2 aliphatic rings. The summed E-state index contributed by atoms with van der Waals surface area (Å²) in [4.78, 5) is 74.1. The Morgan fingerprint density at radius 1 is 0.483 bits per heavy atom. The molecule has 6 aromatic rings. The van der Waals surface area contributed by atoms with Gasteiger partial charge in [0.2, 0.25) is 0 Å². The lowest BCUT2D eigenvalue weighted by Crippen LogP contribution is -2.41. The average Bonchev–Trinajstić information content (AvgIpc) is 3.93. The molecule has 0 unspecified atom stereocenters. The van der Waals surface area contributed by atoms with Crippen molar-refractivity contribution >= 4 is 52.7 Å². The van der Waals surface area contributed by atoms with Gasteiger partial charge in [-0.3, -0.25) is 14.4 Å². The number of carbonyl (C=O) groups excluding carboxylic acids is 3. The van der Waals surface area contributed by atoms with Gasteiger partial charge in [-0.05, 0) is 79.3 Å². The number of rotatable bonds is 9. The summed E-state index contributed by atoms with van der Waals surface area (Å²) in [5.41, 5.74) is 4.04. The fraction of sp³-hybridized carbons (Fsp3) is 0.170. The molecular weight excluding hydrogens is 803 g/mol. The summed E-state index contributed by atoms with van der Waals surface area (Å²) in [5.74, 6) is -2.36. The number of halogens is 2. The van der Waals surface area contributed by atoms with E-state index in [0.717, 1.165) is 16.7 Å². The SMILES string of the molecule is O=C(O)[C@@H]1CC[C@H](c2ccccc2Cl)N1C(=O)c1ccc(-c2ncccn2)cc1.O=C(c1ccccc1)c1ccc(C(=O)N2[C@@H](c3ccccc3Cl)CC[C@H]2C(=O)O)cc1. The molecule has 0 saturated carbocycles. The number of carboxylic acid groups (broad SMARTS) is 2. The van der Waals surface area contributed by atoms with Crippen LogP contribution in [-0.2, 0) is 9.59 Å². The van der Waals surface area contributed by atoms with E-state index in [9.17, 15) is 34.2 Å². The summed E-state index contributed by atoms with van der Waals surface area (Å²) >= 11 is 12.7. The summed E-state index contributed by atoms with van der Waals surface area (Å²) in [7, 11) is 0. The van der Waals surface area contributed by atoms with Crippen molar-refractivity contribution in [2.24, 2.45) is 0 Å². The van der Waals surface area contributed by atoms with Crippen LogP contribution in [0.5, 0.6) is 0 Å². The Balaban J connectivity index is 0.000000182. The molecule has 0 bridgehead atoms. The van der Waals surface area contributed by atoms with Gasteiger partial charge in [0.15, 0.2) is 11.6 Å². The molecule has 3 heterocycles. The highest BCUT2D eigenvalue weighted by Crippen LogP contribution is 2.41. The normalized spacial score (nSPS) is 18.3. The molecule has 2 aliphatic heterocycles. The molecule has 11 nitrogen and oxygen atoms in total. The Morgan fingerprint density at radius 3 is 1.33 bits per heavy atom. The number of likely N-dealkylation sites (tertiary alicyclic amines) is 2. The van der Waals surface area contributed by atoms with E-state index in [1.807, 2.05) is 36.4 Å². The summed E-state index contributed by atoms with van der Waals surface area (Å²) < 4.78 is 0. The first-order chi connectivity index (χ1) is 29.0. The molecule has 13 heteroatoms. The minimum atomic E-state index is -1.04. The molecule has 2 saturated heterocycles. The van der Waals surface area contributed by atoms with Crippen molar-refractivity contribution < 1.29 is 34.2 Å². The van der Waals surface area contributed by atoms with Gasteiger partial charge in [0.05, 0.1) is 12.1 Å². The maximum atomic E-state index is 13.3. The van der Waals surface area contributed by atoms with Gasteiger partial charge in [0, 0.05) is 50.3 Å². The highest BCUT2D eigenvalue weighted by atomic mass is 35.5. The van der Waals surface area contributed by atoms with Crippen molar-refractivity contribution in [1.29, 1.82) is 0 Å². The zero-order chi connectivity index (χ0) is 42.3. The van der Waals surface area contributed by atoms with Gasteiger partial charge in [-0.1, -0.05) is 114 Å². The maximum absolute atomic E-state index is 13.3. The monoisotopic (exact) mass is 840 g/mol. The third-order valence-corrected chi connectivity index (χ3v) is 11.4. The van der Waals surface area contributed by atoms with Crippen LogP contribution in [0.25, 0.3) is 11.4 Å². The lowest BCUT2D eigenvalue weighted by atomic mass is 10.0. The molecule has 0 aliphatic carbocycles. The van der Waals surface area contributed by atoms with Crippen molar-refractivity contribution in [3.05, 3.63) is 189 Å². The first-order valence-corrected chi connectivity index (χ1v) is 20.0. The summed E-state index contributed by atoms with van der Waals surface area (Å²) in [6.07, 6.45) is 5.09. The van der Waals surface area contributed by atoms with Crippen molar-refractivity contribution in [1.82, 2.24) is 19.8 Å². The summed E-state index contributed by atoms with van der Waals surface area (Å²) in [6, 6.07) is 35.6. The number of carbonyl (C=O) groups is 5. The van der Waals surface area contributed by atoms with Crippen LogP contribution in [0.15, 0.2) is 146 Å². The zero-order valence-electron chi connectivity index (χ0n) is 32.0. The molecule has 302 valence electrons. The van der Waals surface area contributed by atoms with E-state index in [-0.39, 0.29) is 17.7 Å². The van der Waals surface area contributed by atoms with Crippen molar-refractivity contribution in [3.8, 4) is 11.4 Å². The lowest BCUT2D eigenvalue weighted by Gasteiger charge is -2.29. The van der Waals surface area contributed by atoms with Gasteiger partial charge in [-0.15, -0.1) is 0 Å². The molecule has 8 rings (SSSR count). The molecule has 5 aromatic carbocycles. The molecule has 1 aromatic heterocycles. The highest BCUT2D eigenvalue weighted by molar-refractivity contribution is 6.31. The van der Waals surface area contributed by atoms with E-state index in [0.29, 0.717) is 63.8 Å². The Bertz CT molecular complexity index is 2520. The summed E-state index contributed by atoms with van der Waals surface area (Å²) in [6.45, 7) is 0. The number of nitrogens with zero attached hydrogens (tertiary/aromatic N) is 4. The molecule has 0 spiro atoms. The van der Waals surface area contributed by atoms with Gasteiger partial charge in [-0.25, -0.2) is 19.6 Å². The topological polar surface area (TPSA) is 158 Å². The fourth-order valence-electron chi connectivity index (χ4n) is 7.80. The molecule has 0 radical (unpaired) electrons. The number of amides is 2. The maximum Gasteiger partial charge on any atom is 0.326 e. The molecular formula is C47H38Cl2N4O7. The Morgan fingerprint density at radius 2 is 0.883 bits per heavy atom. The average molecular weight is 842 g/mol. The number of hydrogen-bond donors (Lipinski definition) is 2. The van der Waals surface area contributed by atoms with Crippen LogP contribution < -0.4 is 0 Å². The van der Waals surface area contributed by atoms with Gasteiger partial charge in [0.1, 0.15) is 12.1 Å². The van der Waals surface area contributed by atoms with Crippen LogP contribution in [0.2, 0.25) is 10.0 Å². The van der Waals surface area contributed by atoms with E-state index in [2.05, 4.69) is 9.97 Å². The number of aliphatic carboxylic acids is 2. The van der Waals surface area contributed by atoms with E-state index >= 15 is 0 Å². The van der Waals surface area contributed by atoms with E-state index in [4.69, 9.17) is 23.2 Å². The third kappa shape index (κ3) is 8.83. The molecule has 2 amide bonds. The van der Waals surface area contributed by atoms with Crippen LogP contribution in [0.1, 0.15) is 85.5 Å². The number of hydrogen-bond acceptors (Lipinski definition) is 7. The van der Waals surface area contributed by atoms with Crippen molar-refractivity contribution in [3.63, 3.8) is 0 Å².